The summed E-state index contributed by atoms with van der Waals surface area (Å²) in [4.78, 5) is 65.1. The summed E-state index contributed by atoms with van der Waals surface area (Å²) in [5.41, 5.74) is -0.389. The van der Waals surface area contributed by atoms with Crippen LogP contribution in [0.3, 0.4) is 0 Å². The van der Waals surface area contributed by atoms with Gasteiger partial charge in [0, 0.05) is 39.5 Å². The molecule has 43 heavy (non-hydrogen) atoms. The van der Waals surface area contributed by atoms with Crippen LogP contribution in [0, 0.1) is 11.3 Å². The minimum atomic E-state index is -1.39. The maximum atomic E-state index is 12.8. The van der Waals surface area contributed by atoms with Gasteiger partial charge in [-0.25, -0.2) is 9.78 Å². The third kappa shape index (κ3) is 8.52. The van der Waals surface area contributed by atoms with Gasteiger partial charge in [0.15, 0.2) is 23.7 Å². The van der Waals surface area contributed by atoms with Crippen LogP contribution in [0.4, 0.5) is 0 Å². The number of carbonyl (C=O) groups is 5. The van der Waals surface area contributed by atoms with Gasteiger partial charge >= 0.3 is 29.8 Å². The highest BCUT2D eigenvalue weighted by Gasteiger charge is 2.52. The lowest BCUT2D eigenvalue weighted by atomic mass is 9.97. The fraction of sp³-hybridized carbons (Fsp3) is 0.414. The molecule has 14 heteroatoms. The van der Waals surface area contributed by atoms with E-state index in [1.54, 1.807) is 37.3 Å². The zero-order chi connectivity index (χ0) is 31.7. The zero-order valence-electron chi connectivity index (χ0n) is 24.1. The van der Waals surface area contributed by atoms with E-state index in [1.807, 2.05) is 0 Å². The van der Waals surface area contributed by atoms with Crippen molar-refractivity contribution in [2.24, 2.45) is 0 Å². The predicted octanol–water partition coefficient (Wildman–Crippen LogP) is 2.97. The van der Waals surface area contributed by atoms with Crippen LogP contribution in [-0.4, -0.2) is 77.9 Å². The van der Waals surface area contributed by atoms with Crippen molar-refractivity contribution in [3.05, 3.63) is 47.7 Å². The first-order valence-electron chi connectivity index (χ1n) is 13.1. The first-order valence-corrected chi connectivity index (χ1v) is 14.0. The Kier molecular flexibility index (Phi) is 11.6. The number of aromatic nitrogens is 1. The van der Waals surface area contributed by atoms with E-state index < -0.39 is 66.3 Å². The molecule has 1 saturated heterocycles. The van der Waals surface area contributed by atoms with Crippen LogP contribution >= 0.6 is 11.8 Å². The maximum Gasteiger partial charge on any atom is 0.340 e. The van der Waals surface area contributed by atoms with Gasteiger partial charge in [-0.15, -0.1) is 0 Å². The molecule has 0 saturated carbocycles. The van der Waals surface area contributed by atoms with E-state index in [-0.39, 0.29) is 28.3 Å². The van der Waals surface area contributed by atoms with Gasteiger partial charge in [-0.1, -0.05) is 42.1 Å². The summed E-state index contributed by atoms with van der Waals surface area (Å²) in [7, 11) is 0. The van der Waals surface area contributed by atoms with Crippen molar-refractivity contribution in [1.29, 1.82) is 5.26 Å². The van der Waals surface area contributed by atoms with Crippen LogP contribution in [0.15, 0.2) is 41.6 Å². The SMILES string of the molecule is CCOC(=O)c1cnc(S[C@@H]2O[C@H](COC(C)=O)[C@@H](OC(C)=O)[C@H](OC(C)=O)[C@H]2OC(C)=O)c(C#N)c1-c1ccccc1. The number of benzene rings is 1. The van der Waals surface area contributed by atoms with Gasteiger partial charge in [0.05, 0.1) is 17.7 Å². The highest BCUT2D eigenvalue weighted by molar-refractivity contribution is 7.99. The molecule has 13 nitrogen and oxygen atoms in total. The third-order valence-corrected chi connectivity index (χ3v) is 7.03. The minimum Gasteiger partial charge on any atom is -0.463 e. The molecule has 1 aromatic carbocycles. The summed E-state index contributed by atoms with van der Waals surface area (Å²) >= 11 is 0.841. The minimum absolute atomic E-state index is 0.00499. The first kappa shape index (κ1) is 33.0. The van der Waals surface area contributed by atoms with E-state index in [4.69, 9.17) is 28.4 Å². The number of ether oxygens (including phenoxy) is 6. The maximum absolute atomic E-state index is 12.8. The second kappa shape index (κ2) is 15.1. The highest BCUT2D eigenvalue weighted by atomic mass is 32.2. The smallest absolute Gasteiger partial charge is 0.340 e. The molecule has 0 radical (unpaired) electrons. The lowest BCUT2D eigenvalue weighted by Gasteiger charge is -2.44. The van der Waals surface area contributed by atoms with Crippen molar-refractivity contribution in [2.45, 2.75) is 69.5 Å². The summed E-state index contributed by atoms with van der Waals surface area (Å²) in [6.07, 6.45) is -4.03. The van der Waals surface area contributed by atoms with Crippen molar-refractivity contribution in [3.63, 3.8) is 0 Å². The van der Waals surface area contributed by atoms with Crippen molar-refractivity contribution in [1.82, 2.24) is 4.98 Å². The Morgan fingerprint density at radius 1 is 0.884 bits per heavy atom. The molecule has 5 atom stereocenters. The molecule has 2 aromatic rings. The summed E-state index contributed by atoms with van der Waals surface area (Å²) in [6, 6.07) is 10.8. The van der Waals surface area contributed by atoms with Crippen molar-refractivity contribution in [3.8, 4) is 17.2 Å². The van der Waals surface area contributed by atoms with Gasteiger partial charge < -0.3 is 28.4 Å². The summed E-state index contributed by atoms with van der Waals surface area (Å²) < 4.78 is 32.8. The van der Waals surface area contributed by atoms with Gasteiger partial charge in [-0.05, 0) is 12.5 Å². The Morgan fingerprint density at radius 2 is 1.49 bits per heavy atom. The van der Waals surface area contributed by atoms with E-state index in [0.29, 0.717) is 5.56 Å². The topological polar surface area (TPSA) is 177 Å². The average molecular weight is 615 g/mol. The van der Waals surface area contributed by atoms with Crippen LogP contribution < -0.4 is 0 Å². The van der Waals surface area contributed by atoms with E-state index in [1.165, 1.54) is 13.1 Å². The number of nitriles is 1. The number of esters is 5. The normalized spacial score (nSPS) is 21.1. The Bertz CT molecular complexity index is 1410. The van der Waals surface area contributed by atoms with E-state index in [0.717, 1.165) is 32.5 Å². The molecular weight excluding hydrogens is 584 g/mol. The van der Waals surface area contributed by atoms with Gasteiger partial charge in [-0.3, -0.25) is 19.2 Å². The Morgan fingerprint density at radius 3 is 2.05 bits per heavy atom. The van der Waals surface area contributed by atoms with Gasteiger partial charge in [0.1, 0.15) is 23.8 Å². The van der Waals surface area contributed by atoms with Crippen molar-refractivity contribution < 1.29 is 52.4 Å². The molecule has 0 unspecified atom stereocenters. The van der Waals surface area contributed by atoms with E-state index >= 15 is 0 Å². The number of carbonyl (C=O) groups excluding carboxylic acids is 5. The zero-order valence-corrected chi connectivity index (χ0v) is 24.9. The fourth-order valence-corrected chi connectivity index (χ4v) is 5.49. The monoisotopic (exact) mass is 614 g/mol. The number of hydrogen-bond donors (Lipinski definition) is 0. The molecule has 0 spiro atoms. The Balaban J connectivity index is 2.17. The van der Waals surface area contributed by atoms with Crippen LogP contribution in [0.2, 0.25) is 0 Å². The molecule has 1 aliphatic heterocycles. The molecule has 1 fully saturated rings. The molecule has 0 amide bonds. The van der Waals surface area contributed by atoms with Gasteiger partial charge in [0.25, 0.3) is 0 Å². The number of hydrogen-bond acceptors (Lipinski definition) is 14. The lowest BCUT2D eigenvalue weighted by Crippen LogP contribution is -2.61. The fourth-order valence-electron chi connectivity index (χ4n) is 4.35. The second-order valence-corrected chi connectivity index (χ2v) is 10.2. The highest BCUT2D eigenvalue weighted by Crippen LogP contribution is 2.40. The molecule has 2 heterocycles. The van der Waals surface area contributed by atoms with Gasteiger partial charge in [-0.2, -0.15) is 5.26 Å². The Labute approximate surface area is 251 Å². The Hall–Kier alpha value is -4.48. The second-order valence-electron chi connectivity index (χ2n) is 9.11. The van der Waals surface area contributed by atoms with E-state index in [2.05, 4.69) is 11.1 Å². The molecular formula is C29H30N2O11S. The third-order valence-electron chi connectivity index (χ3n) is 5.89. The summed E-state index contributed by atoms with van der Waals surface area (Å²) in [6.45, 7) is 5.85. The summed E-state index contributed by atoms with van der Waals surface area (Å²) in [5.74, 6) is -3.66. The largest absolute Gasteiger partial charge is 0.463 e. The average Bonchev–Trinajstić information content (AvgIpc) is 2.94. The molecule has 0 aliphatic carbocycles. The predicted molar refractivity (Wildman–Crippen MR) is 148 cm³/mol. The van der Waals surface area contributed by atoms with Crippen molar-refractivity contribution >= 4 is 41.6 Å². The van der Waals surface area contributed by atoms with Crippen molar-refractivity contribution in [2.75, 3.05) is 13.2 Å². The standard InChI is InChI=1S/C29H30N2O11S/c1-6-37-28(36)21-13-31-27(20(12-30)23(21)19-10-8-7-9-11-19)43-29-26(41-18(5)35)25(40-17(4)34)24(39-16(3)33)22(42-29)14-38-15(2)32/h7-11,13,22,24-26,29H,6,14H2,1-5H3/t22-,24-,25+,26-,29+/m1/s1. The van der Waals surface area contributed by atoms with Crippen LogP contribution in [0.1, 0.15) is 50.5 Å². The molecule has 3 rings (SSSR count). The van der Waals surface area contributed by atoms with E-state index in [9.17, 15) is 29.2 Å². The number of rotatable bonds is 10. The summed E-state index contributed by atoms with van der Waals surface area (Å²) in [5, 5.41) is 10.4. The molecule has 1 aliphatic rings. The molecule has 0 N–H and O–H groups in total. The first-order chi connectivity index (χ1) is 20.5. The van der Waals surface area contributed by atoms with Crippen LogP contribution in [0.25, 0.3) is 11.1 Å². The van der Waals surface area contributed by atoms with Gasteiger partial charge in [0.2, 0.25) is 0 Å². The quantitative estimate of drug-likeness (QED) is 0.282. The number of thioether (sulfide) groups is 1. The molecule has 1 aromatic heterocycles. The molecule has 228 valence electrons. The van der Waals surface area contributed by atoms with Crippen LogP contribution in [0.5, 0.6) is 0 Å². The van der Waals surface area contributed by atoms with Crippen LogP contribution in [-0.2, 0) is 47.6 Å². The number of nitrogens with zero attached hydrogens (tertiary/aromatic N) is 2. The number of pyridine rings is 1. The molecule has 0 bridgehead atoms. The lowest BCUT2D eigenvalue weighted by molar-refractivity contribution is -0.237.